The van der Waals surface area contributed by atoms with Crippen molar-refractivity contribution in [2.45, 2.75) is 6.92 Å². The van der Waals surface area contributed by atoms with Gasteiger partial charge in [0, 0.05) is 12.1 Å². The van der Waals surface area contributed by atoms with Crippen molar-refractivity contribution >= 4 is 46.2 Å². The second-order valence-corrected chi connectivity index (χ2v) is 6.80. The van der Waals surface area contributed by atoms with E-state index in [1.165, 1.54) is 30.0 Å². The quantitative estimate of drug-likeness (QED) is 0.681. The Morgan fingerprint density at radius 2 is 2.00 bits per heavy atom. The summed E-state index contributed by atoms with van der Waals surface area (Å²) in [5, 5.41) is 0.802. The number of hydrogen-bond acceptors (Lipinski definition) is 4. The lowest BCUT2D eigenvalue weighted by Crippen LogP contribution is -2.28. The van der Waals surface area contributed by atoms with Crippen molar-refractivity contribution in [1.82, 2.24) is 4.90 Å². The molecule has 1 saturated heterocycles. The van der Waals surface area contributed by atoms with E-state index in [1.54, 1.807) is 42.3 Å². The lowest BCUT2D eigenvalue weighted by Gasteiger charge is -2.12. The first kappa shape index (κ1) is 18.5. The number of methoxy groups -OCH3 is 1. The van der Waals surface area contributed by atoms with Gasteiger partial charge in [0.1, 0.15) is 11.6 Å². The van der Waals surface area contributed by atoms with Crippen LogP contribution in [-0.2, 0) is 4.79 Å². The van der Waals surface area contributed by atoms with Crippen molar-refractivity contribution in [2.24, 2.45) is 4.99 Å². The molecular weight excluding hydrogens is 375 g/mol. The number of benzene rings is 2. The van der Waals surface area contributed by atoms with Crippen molar-refractivity contribution in [3.8, 4) is 5.75 Å². The van der Waals surface area contributed by atoms with Gasteiger partial charge in [0.15, 0.2) is 5.17 Å². The summed E-state index contributed by atoms with van der Waals surface area (Å²) in [6, 6.07) is 11.6. The molecule has 0 saturated carbocycles. The monoisotopic (exact) mass is 390 g/mol. The number of likely N-dealkylation sites (N-methyl/N-ethyl adjacent to an activating group) is 1. The molecule has 1 aliphatic heterocycles. The first-order chi connectivity index (χ1) is 12.5. The number of nitrogens with zero attached hydrogens (tertiary/aromatic N) is 2. The van der Waals surface area contributed by atoms with E-state index in [0.29, 0.717) is 22.3 Å². The van der Waals surface area contributed by atoms with Gasteiger partial charge >= 0.3 is 0 Å². The van der Waals surface area contributed by atoms with Crippen molar-refractivity contribution in [3.63, 3.8) is 0 Å². The van der Waals surface area contributed by atoms with E-state index in [1.807, 2.05) is 6.92 Å². The molecular formula is C19H16ClFN2O2S. The lowest BCUT2D eigenvalue weighted by molar-refractivity contribution is -0.122. The van der Waals surface area contributed by atoms with Crippen LogP contribution in [0.5, 0.6) is 5.75 Å². The summed E-state index contributed by atoms with van der Waals surface area (Å²) in [6.45, 7) is 2.32. The third kappa shape index (κ3) is 3.76. The number of ether oxygens (including phenoxy) is 1. The molecule has 26 heavy (non-hydrogen) atoms. The molecule has 1 fully saturated rings. The Morgan fingerprint density at radius 3 is 2.62 bits per heavy atom. The van der Waals surface area contributed by atoms with E-state index in [4.69, 9.17) is 16.3 Å². The molecule has 134 valence electrons. The highest BCUT2D eigenvalue weighted by Gasteiger charge is 2.32. The number of hydrogen-bond donors (Lipinski definition) is 0. The first-order valence-electron chi connectivity index (χ1n) is 7.91. The average Bonchev–Trinajstić information content (AvgIpc) is 2.93. The summed E-state index contributed by atoms with van der Waals surface area (Å²) in [4.78, 5) is 19.1. The zero-order chi connectivity index (χ0) is 18.7. The molecule has 0 atom stereocenters. The molecule has 0 N–H and O–H groups in total. The van der Waals surface area contributed by atoms with Crippen LogP contribution in [0, 0.1) is 5.82 Å². The van der Waals surface area contributed by atoms with Crippen LogP contribution in [0.3, 0.4) is 0 Å². The van der Waals surface area contributed by atoms with Crippen LogP contribution in [0.1, 0.15) is 12.5 Å². The summed E-state index contributed by atoms with van der Waals surface area (Å²) in [5.74, 6) is 0.0392. The second-order valence-electron chi connectivity index (χ2n) is 5.39. The predicted octanol–water partition coefficient (Wildman–Crippen LogP) is 5.11. The number of thioether (sulfide) groups is 1. The number of amidine groups is 1. The predicted molar refractivity (Wildman–Crippen MR) is 104 cm³/mol. The second kappa shape index (κ2) is 7.93. The van der Waals surface area contributed by atoms with Gasteiger partial charge in [-0.1, -0.05) is 17.7 Å². The highest BCUT2D eigenvalue weighted by atomic mass is 35.5. The number of amides is 1. The molecule has 4 nitrogen and oxygen atoms in total. The minimum atomic E-state index is -0.470. The zero-order valence-corrected chi connectivity index (χ0v) is 15.8. The van der Waals surface area contributed by atoms with E-state index < -0.39 is 5.82 Å². The molecule has 2 aromatic carbocycles. The average molecular weight is 391 g/mol. The molecule has 0 bridgehead atoms. The molecule has 0 spiro atoms. The van der Waals surface area contributed by atoms with Crippen LogP contribution in [-0.4, -0.2) is 29.6 Å². The largest absolute Gasteiger partial charge is 0.497 e. The van der Waals surface area contributed by atoms with E-state index in [9.17, 15) is 9.18 Å². The molecule has 1 aliphatic rings. The Morgan fingerprint density at radius 1 is 1.27 bits per heavy atom. The third-order valence-corrected chi connectivity index (χ3v) is 5.11. The summed E-state index contributed by atoms with van der Waals surface area (Å²) in [7, 11) is 1.59. The van der Waals surface area contributed by atoms with Gasteiger partial charge in [0.2, 0.25) is 0 Å². The van der Waals surface area contributed by atoms with Gasteiger partial charge in [-0.2, -0.15) is 0 Å². The molecule has 7 heteroatoms. The Bertz CT molecular complexity index is 877. The summed E-state index contributed by atoms with van der Waals surface area (Å²) >= 11 is 7.26. The fourth-order valence-electron chi connectivity index (χ4n) is 2.42. The van der Waals surface area contributed by atoms with Gasteiger partial charge in [0.05, 0.1) is 22.7 Å². The number of aliphatic imine (C=N–C) groups is 1. The smallest absolute Gasteiger partial charge is 0.266 e. The Hall–Kier alpha value is -2.31. The maximum atomic E-state index is 14.0. The van der Waals surface area contributed by atoms with Gasteiger partial charge in [-0.3, -0.25) is 9.69 Å². The van der Waals surface area contributed by atoms with Crippen LogP contribution < -0.4 is 4.74 Å². The topological polar surface area (TPSA) is 41.9 Å². The molecule has 1 heterocycles. The molecule has 0 unspecified atom stereocenters. The van der Waals surface area contributed by atoms with Gasteiger partial charge in [-0.05, 0) is 61.2 Å². The molecule has 0 aromatic heterocycles. The van der Waals surface area contributed by atoms with Gasteiger partial charge < -0.3 is 4.74 Å². The van der Waals surface area contributed by atoms with Gasteiger partial charge in [-0.15, -0.1) is 0 Å². The summed E-state index contributed by atoms with van der Waals surface area (Å²) in [5.41, 5.74) is 0.900. The van der Waals surface area contributed by atoms with Crippen LogP contribution in [0.25, 0.3) is 6.08 Å². The van der Waals surface area contributed by atoms with Crippen LogP contribution >= 0.6 is 23.4 Å². The molecule has 0 aliphatic carbocycles. The van der Waals surface area contributed by atoms with E-state index >= 15 is 0 Å². The van der Waals surface area contributed by atoms with Crippen molar-refractivity contribution in [1.29, 1.82) is 0 Å². The maximum absolute atomic E-state index is 14.0. The Balaban J connectivity index is 1.95. The fourth-order valence-corrected chi connectivity index (χ4v) is 3.68. The molecule has 1 amide bonds. The van der Waals surface area contributed by atoms with Gasteiger partial charge in [0.25, 0.3) is 5.91 Å². The standard InChI is InChI=1S/C19H16ClFN2O2S/c1-3-23-18(24)17(11-14-15(20)5-4-6-16(14)21)26-19(23)22-12-7-9-13(25-2)10-8-12/h4-11H,3H2,1-2H3/b17-11+,22-19?. The summed E-state index contributed by atoms with van der Waals surface area (Å²) in [6.07, 6.45) is 1.48. The van der Waals surface area contributed by atoms with Crippen molar-refractivity contribution in [3.05, 3.63) is 63.8 Å². The minimum absolute atomic E-state index is 0.201. The van der Waals surface area contributed by atoms with E-state index in [2.05, 4.69) is 4.99 Å². The zero-order valence-electron chi connectivity index (χ0n) is 14.2. The normalized spacial score (nSPS) is 17.4. The van der Waals surface area contributed by atoms with Crippen LogP contribution in [0.15, 0.2) is 52.4 Å². The highest BCUT2D eigenvalue weighted by molar-refractivity contribution is 8.18. The lowest BCUT2D eigenvalue weighted by atomic mass is 10.2. The first-order valence-corrected chi connectivity index (χ1v) is 9.11. The van der Waals surface area contributed by atoms with Gasteiger partial charge in [-0.25, -0.2) is 9.38 Å². The number of halogens is 2. The summed E-state index contributed by atoms with van der Waals surface area (Å²) < 4.78 is 19.1. The molecule has 2 aromatic rings. The third-order valence-electron chi connectivity index (χ3n) is 3.78. The van der Waals surface area contributed by atoms with Crippen LogP contribution in [0.4, 0.5) is 10.1 Å². The number of carbonyl (C=O) groups is 1. The maximum Gasteiger partial charge on any atom is 0.266 e. The number of rotatable bonds is 4. The van der Waals surface area contributed by atoms with Crippen LogP contribution in [0.2, 0.25) is 5.02 Å². The number of carbonyl (C=O) groups excluding carboxylic acids is 1. The molecule has 3 rings (SSSR count). The Labute approximate surface area is 160 Å². The molecule has 0 radical (unpaired) electrons. The van der Waals surface area contributed by atoms with E-state index in [0.717, 1.165) is 5.75 Å². The van der Waals surface area contributed by atoms with Crippen molar-refractivity contribution in [2.75, 3.05) is 13.7 Å². The minimum Gasteiger partial charge on any atom is -0.497 e. The SMILES string of the molecule is CCN1C(=O)/C(=C\c2c(F)cccc2Cl)SC1=Nc1ccc(OC)cc1. The van der Waals surface area contributed by atoms with Crippen molar-refractivity contribution < 1.29 is 13.9 Å². The highest BCUT2D eigenvalue weighted by Crippen LogP contribution is 2.35. The van der Waals surface area contributed by atoms with E-state index in [-0.39, 0.29) is 16.5 Å². The fraction of sp³-hybridized carbons (Fsp3) is 0.158. The Kier molecular flexibility index (Phi) is 5.64.